The number of carbonyl (C=O) groups is 1. The normalized spacial score (nSPS) is 23.3. The van der Waals surface area contributed by atoms with Crippen LogP contribution < -0.4 is 10.6 Å². The van der Waals surface area contributed by atoms with Crippen LogP contribution in [-0.4, -0.2) is 62.7 Å². The quantitative estimate of drug-likeness (QED) is 0.580. The molecular weight excluding hydrogens is 268 g/mol. The Bertz CT molecular complexity index is 359. The molecule has 1 saturated carbocycles. The molecule has 0 spiro atoms. The molecule has 6 nitrogen and oxygen atoms in total. The van der Waals surface area contributed by atoms with Crippen LogP contribution in [0.5, 0.6) is 0 Å². The number of ether oxygens (including phenoxy) is 1. The lowest BCUT2D eigenvalue weighted by molar-refractivity contribution is -0.127. The number of hydrogen-bond acceptors (Lipinski definition) is 3. The maximum Gasteiger partial charge on any atom is 0.243 e. The monoisotopic (exact) mass is 296 g/mol. The van der Waals surface area contributed by atoms with Gasteiger partial charge in [-0.15, -0.1) is 0 Å². The molecule has 2 aliphatic rings. The van der Waals surface area contributed by atoms with Crippen molar-refractivity contribution in [2.75, 3.05) is 33.8 Å². The molecule has 1 amide bonds. The van der Waals surface area contributed by atoms with E-state index in [9.17, 15) is 4.79 Å². The maximum absolute atomic E-state index is 11.7. The zero-order chi connectivity index (χ0) is 15.1. The third-order valence-electron chi connectivity index (χ3n) is 4.09. The molecule has 1 aliphatic carbocycles. The van der Waals surface area contributed by atoms with Gasteiger partial charge in [0.15, 0.2) is 5.96 Å². The fourth-order valence-electron chi connectivity index (χ4n) is 2.72. The van der Waals surface area contributed by atoms with Gasteiger partial charge in [0.2, 0.25) is 5.91 Å². The predicted octanol–water partition coefficient (Wildman–Crippen LogP) is 0.731. The van der Waals surface area contributed by atoms with Crippen LogP contribution in [0.4, 0.5) is 0 Å². The van der Waals surface area contributed by atoms with E-state index in [0.717, 1.165) is 32.0 Å². The first-order chi connectivity index (χ1) is 10.1. The molecule has 1 unspecified atom stereocenters. The smallest absolute Gasteiger partial charge is 0.243 e. The molecule has 0 aromatic carbocycles. The van der Waals surface area contributed by atoms with E-state index in [0.29, 0.717) is 6.04 Å². The number of guanidine groups is 1. The zero-order valence-electron chi connectivity index (χ0n) is 13.2. The minimum atomic E-state index is 0.0136. The van der Waals surface area contributed by atoms with E-state index in [-0.39, 0.29) is 18.6 Å². The summed E-state index contributed by atoms with van der Waals surface area (Å²) in [4.78, 5) is 17.7. The van der Waals surface area contributed by atoms with Gasteiger partial charge in [-0.2, -0.15) is 0 Å². The van der Waals surface area contributed by atoms with Gasteiger partial charge in [-0.05, 0) is 25.7 Å². The molecule has 1 atom stereocenters. The van der Waals surface area contributed by atoms with Gasteiger partial charge in [-0.3, -0.25) is 4.79 Å². The van der Waals surface area contributed by atoms with Crippen molar-refractivity contribution < 1.29 is 9.53 Å². The molecule has 6 heteroatoms. The van der Waals surface area contributed by atoms with E-state index >= 15 is 0 Å². The number of aliphatic imine (C=N–C) groups is 1. The minimum absolute atomic E-state index is 0.0136. The number of hydrogen-bond donors (Lipinski definition) is 2. The molecule has 0 aromatic rings. The first-order valence-electron chi connectivity index (χ1n) is 8.02. The van der Waals surface area contributed by atoms with Crippen LogP contribution in [0.25, 0.3) is 0 Å². The summed E-state index contributed by atoms with van der Waals surface area (Å²) in [6.07, 6.45) is 7.41. The second-order valence-electron chi connectivity index (χ2n) is 6.09. The van der Waals surface area contributed by atoms with Crippen molar-refractivity contribution >= 4 is 11.9 Å². The lowest BCUT2D eigenvalue weighted by Crippen LogP contribution is -2.45. The summed E-state index contributed by atoms with van der Waals surface area (Å²) in [5, 5.41) is 6.77. The standard InChI is InChI=1S/C15H28N4O2/c1-19(2)14(20)11-17-15(18-12-6-3-4-7-12)16-10-13-8-5-9-21-13/h12-13H,3-11H2,1-2H3,(H2,16,17,18). The van der Waals surface area contributed by atoms with Crippen molar-refractivity contribution in [1.82, 2.24) is 15.5 Å². The summed E-state index contributed by atoms with van der Waals surface area (Å²) in [7, 11) is 3.50. The highest BCUT2D eigenvalue weighted by Crippen LogP contribution is 2.17. The summed E-state index contributed by atoms with van der Waals surface area (Å²) in [6, 6.07) is 0.482. The average Bonchev–Trinajstić information content (AvgIpc) is 3.14. The SMILES string of the molecule is CN(C)C(=O)CN=C(NCC1CCCO1)NC1CCCC1. The predicted molar refractivity (Wildman–Crippen MR) is 83.4 cm³/mol. The maximum atomic E-state index is 11.7. The van der Waals surface area contributed by atoms with E-state index in [4.69, 9.17) is 4.74 Å². The number of rotatable bonds is 5. The van der Waals surface area contributed by atoms with Gasteiger partial charge in [-0.25, -0.2) is 4.99 Å². The van der Waals surface area contributed by atoms with E-state index in [1.807, 2.05) is 0 Å². The first-order valence-corrected chi connectivity index (χ1v) is 8.02. The van der Waals surface area contributed by atoms with Crippen molar-refractivity contribution in [3.05, 3.63) is 0 Å². The molecule has 2 N–H and O–H groups in total. The van der Waals surface area contributed by atoms with Crippen LogP contribution in [0.1, 0.15) is 38.5 Å². The topological polar surface area (TPSA) is 66.0 Å². The summed E-state index contributed by atoms with van der Waals surface area (Å²) < 4.78 is 5.62. The molecular formula is C15H28N4O2. The van der Waals surface area contributed by atoms with Gasteiger partial charge in [0.25, 0.3) is 0 Å². The van der Waals surface area contributed by atoms with E-state index in [1.165, 1.54) is 25.7 Å². The van der Waals surface area contributed by atoms with E-state index in [1.54, 1.807) is 19.0 Å². The molecule has 1 saturated heterocycles. The molecule has 120 valence electrons. The Morgan fingerprint density at radius 3 is 2.62 bits per heavy atom. The minimum Gasteiger partial charge on any atom is -0.376 e. The first kappa shape index (κ1) is 16.1. The number of nitrogens with one attached hydrogen (secondary N) is 2. The lowest BCUT2D eigenvalue weighted by Gasteiger charge is -2.19. The Kier molecular flexibility index (Phi) is 6.29. The fourth-order valence-corrected chi connectivity index (χ4v) is 2.72. The third-order valence-corrected chi connectivity index (χ3v) is 4.09. The van der Waals surface area contributed by atoms with Gasteiger partial charge in [0.1, 0.15) is 6.54 Å². The lowest BCUT2D eigenvalue weighted by atomic mass is 10.2. The molecule has 2 rings (SSSR count). The van der Waals surface area contributed by atoms with Crippen molar-refractivity contribution in [3.8, 4) is 0 Å². The fraction of sp³-hybridized carbons (Fsp3) is 0.867. The Labute approximate surface area is 127 Å². The van der Waals surface area contributed by atoms with Gasteiger partial charge in [0.05, 0.1) is 6.10 Å². The zero-order valence-corrected chi connectivity index (χ0v) is 13.2. The van der Waals surface area contributed by atoms with Gasteiger partial charge >= 0.3 is 0 Å². The van der Waals surface area contributed by atoms with Crippen LogP contribution in [-0.2, 0) is 9.53 Å². The van der Waals surface area contributed by atoms with Crippen molar-refractivity contribution in [2.45, 2.75) is 50.7 Å². The van der Waals surface area contributed by atoms with Crippen molar-refractivity contribution in [2.24, 2.45) is 4.99 Å². The Hall–Kier alpha value is -1.30. The molecule has 1 aliphatic heterocycles. The van der Waals surface area contributed by atoms with Crippen molar-refractivity contribution in [1.29, 1.82) is 0 Å². The summed E-state index contributed by atoms with van der Waals surface area (Å²) >= 11 is 0. The molecule has 21 heavy (non-hydrogen) atoms. The molecule has 0 radical (unpaired) electrons. The van der Waals surface area contributed by atoms with Crippen molar-refractivity contribution in [3.63, 3.8) is 0 Å². The third kappa shape index (κ3) is 5.53. The van der Waals surface area contributed by atoms with Crippen LogP contribution in [0.3, 0.4) is 0 Å². The van der Waals surface area contributed by atoms with Crippen LogP contribution in [0, 0.1) is 0 Å². The van der Waals surface area contributed by atoms with Crippen LogP contribution >= 0.6 is 0 Å². The highest BCUT2D eigenvalue weighted by molar-refractivity contribution is 5.84. The number of nitrogens with zero attached hydrogens (tertiary/aromatic N) is 2. The summed E-state index contributed by atoms with van der Waals surface area (Å²) in [5.74, 6) is 0.757. The Morgan fingerprint density at radius 2 is 2.00 bits per heavy atom. The van der Waals surface area contributed by atoms with Crippen LogP contribution in [0.15, 0.2) is 4.99 Å². The second kappa shape index (κ2) is 8.22. The van der Waals surface area contributed by atoms with Gasteiger partial charge in [-0.1, -0.05) is 12.8 Å². The van der Waals surface area contributed by atoms with E-state index in [2.05, 4.69) is 15.6 Å². The molecule has 2 fully saturated rings. The molecule has 1 heterocycles. The highest BCUT2D eigenvalue weighted by Gasteiger charge is 2.19. The average molecular weight is 296 g/mol. The number of likely N-dealkylation sites (N-methyl/N-ethyl adjacent to an activating group) is 1. The molecule has 0 aromatic heterocycles. The number of carbonyl (C=O) groups excluding carboxylic acids is 1. The van der Waals surface area contributed by atoms with Gasteiger partial charge in [0, 0.05) is 33.3 Å². The van der Waals surface area contributed by atoms with Crippen LogP contribution in [0.2, 0.25) is 0 Å². The largest absolute Gasteiger partial charge is 0.376 e. The Balaban J connectivity index is 1.84. The van der Waals surface area contributed by atoms with Gasteiger partial charge < -0.3 is 20.3 Å². The van der Waals surface area contributed by atoms with E-state index < -0.39 is 0 Å². The summed E-state index contributed by atoms with van der Waals surface area (Å²) in [6.45, 7) is 1.79. The summed E-state index contributed by atoms with van der Waals surface area (Å²) in [5.41, 5.74) is 0. The highest BCUT2D eigenvalue weighted by atomic mass is 16.5. The Morgan fingerprint density at radius 1 is 1.24 bits per heavy atom. The number of amides is 1. The molecule has 0 bridgehead atoms. The second-order valence-corrected chi connectivity index (χ2v) is 6.09.